The van der Waals surface area contributed by atoms with Crippen molar-refractivity contribution in [2.75, 3.05) is 20.8 Å². The van der Waals surface area contributed by atoms with Crippen LogP contribution in [0.25, 0.3) is 0 Å². The summed E-state index contributed by atoms with van der Waals surface area (Å²) in [6.45, 7) is 5.70. The number of ether oxygens (including phenoxy) is 4. The average Bonchev–Trinajstić information content (AvgIpc) is 3.02. The van der Waals surface area contributed by atoms with Gasteiger partial charge in [0.25, 0.3) is 0 Å². The van der Waals surface area contributed by atoms with Crippen molar-refractivity contribution in [1.82, 2.24) is 19.9 Å². The molecule has 2 heterocycles. The van der Waals surface area contributed by atoms with Crippen LogP contribution in [-0.4, -0.2) is 64.3 Å². The van der Waals surface area contributed by atoms with Gasteiger partial charge in [0.15, 0.2) is 0 Å². The molecule has 0 aromatic carbocycles. The minimum atomic E-state index is -0.761. The first kappa shape index (κ1) is 18.7. The first-order valence-electron chi connectivity index (χ1n) is 7.79. The Balaban J connectivity index is 2.10. The Kier molecular flexibility index (Phi) is 5.60. The van der Waals surface area contributed by atoms with E-state index in [2.05, 4.69) is 15.0 Å². The molecule has 1 atom stereocenters. The number of aromatic nitrogens is 3. The molecule has 0 bridgehead atoms. The van der Waals surface area contributed by atoms with Gasteiger partial charge in [-0.2, -0.15) is 0 Å². The fourth-order valence-corrected chi connectivity index (χ4v) is 2.26. The number of carbonyl (C=O) groups is 2. The first-order chi connectivity index (χ1) is 11.7. The van der Waals surface area contributed by atoms with Crippen LogP contribution in [0.4, 0.5) is 4.79 Å². The molecule has 2 rings (SSSR count). The second-order valence-corrected chi connectivity index (χ2v) is 6.34. The number of hydrogen-bond acceptors (Lipinski definition) is 9. The number of nitrogens with zero attached hydrogens (tertiary/aromatic N) is 4. The molecule has 10 heteroatoms. The third-order valence-corrected chi connectivity index (χ3v) is 3.28. The lowest BCUT2D eigenvalue weighted by molar-refractivity contribution is -0.139. The van der Waals surface area contributed by atoms with E-state index in [4.69, 9.17) is 18.9 Å². The van der Waals surface area contributed by atoms with Crippen molar-refractivity contribution in [2.45, 2.75) is 45.3 Å². The van der Waals surface area contributed by atoms with E-state index in [0.717, 1.165) is 0 Å². The first-order valence-corrected chi connectivity index (χ1v) is 7.79. The SMILES string of the molecule is COc1nc(OC)nc(OC(=O)[C@@H]2CCCN2C(=O)OC(C)(C)C)n1. The van der Waals surface area contributed by atoms with Crippen molar-refractivity contribution < 1.29 is 28.5 Å². The van der Waals surface area contributed by atoms with Gasteiger partial charge in [0, 0.05) is 6.54 Å². The molecule has 1 aliphatic heterocycles. The van der Waals surface area contributed by atoms with Crippen LogP contribution >= 0.6 is 0 Å². The number of rotatable bonds is 4. The van der Waals surface area contributed by atoms with E-state index in [1.807, 2.05) is 0 Å². The Labute approximate surface area is 145 Å². The summed E-state index contributed by atoms with van der Waals surface area (Å²) >= 11 is 0. The lowest BCUT2D eigenvalue weighted by Crippen LogP contribution is -2.45. The van der Waals surface area contributed by atoms with Gasteiger partial charge in [-0.1, -0.05) is 0 Å². The van der Waals surface area contributed by atoms with Gasteiger partial charge in [0.1, 0.15) is 11.6 Å². The molecular formula is C15H22N4O6. The van der Waals surface area contributed by atoms with Crippen molar-refractivity contribution in [1.29, 1.82) is 0 Å². The molecule has 1 amide bonds. The normalized spacial score (nSPS) is 17.2. The van der Waals surface area contributed by atoms with Crippen LogP contribution in [-0.2, 0) is 9.53 Å². The second-order valence-electron chi connectivity index (χ2n) is 6.34. The quantitative estimate of drug-likeness (QED) is 0.736. The maximum absolute atomic E-state index is 12.4. The average molecular weight is 354 g/mol. The lowest BCUT2D eigenvalue weighted by atomic mass is 10.2. The zero-order valence-electron chi connectivity index (χ0n) is 14.9. The second kappa shape index (κ2) is 7.49. The molecular weight excluding hydrogens is 332 g/mol. The summed E-state index contributed by atoms with van der Waals surface area (Å²) in [6, 6.07) is -1.12. The van der Waals surface area contributed by atoms with Crippen molar-refractivity contribution in [3.8, 4) is 18.0 Å². The molecule has 25 heavy (non-hydrogen) atoms. The van der Waals surface area contributed by atoms with Gasteiger partial charge < -0.3 is 18.9 Å². The van der Waals surface area contributed by atoms with E-state index in [9.17, 15) is 9.59 Å². The maximum Gasteiger partial charge on any atom is 0.411 e. The number of hydrogen-bond donors (Lipinski definition) is 0. The van der Waals surface area contributed by atoms with Crippen LogP contribution in [0.3, 0.4) is 0 Å². The van der Waals surface area contributed by atoms with E-state index in [1.54, 1.807) is 20.8 Å². The van der Waals surface area contributed by atoms with Crippen LogP contribution in [0.15, 0.2) is 0 Å². The van der Waals surface area contributed by atoms with E-state index < -0.39 is 23.7 Å². The molecule has 1 aromatic rings. The lowest BCUT2D eigenvalue weighted by Gasteiger charge is -2.27. The van der Waals surface area contributed by atoms with Gasteiger partial charge in [-0.25, -0.2) is 9.59 Å². The largest absolute Gasteiger partial charge is 0.467 e. The zero-order valence-corrected chi connectivity index (χ0v) is 14.9. The van der Waals surface area contributed by atoms with Crippen LogP contribution in [0.5, 0.6) is 18.0 Å². The van der Waals surface area contributed by atoms with E-state index in [-0.39, 0.29) is 18.0 Å². The third-order valence-electron chi connectivity index (χ3n) is 3.28. The summed E-state index contributed by atoms with van der Waals surface area (Å²) in [7, 11) is 2.73. The maximum atomic E-state index is 12.4. The number of methoxy groups -OCH3 is 2. The Hall–Kier alpha value is -2.65. The van der Waals surface area contributed by atoms with Gasteiger partial charge in [-0.05, 0) is 33.6 Å². The summed E-state index contributed by atoms with van der Waals surface area (Å²) in [4.78, 5) is 37.5. The Morgan fingerprint density at radius 3 is 2.12 bits per heavy atom. The van der Waals surface area contributed by atoms with Gasteiger partial charge in [-0.15, -0.1) is 15.0 Å². The van der Waals surface area contributed by atoms with Crippen LogP contribution in [0, 0.1) is 0 Å². The van der Waals surface area contributed by atoms with Crippen molar-refractivity contribution in [3.63, 3.8) is 0 Å². The molecule has 0 spiro atoms. The molecule has 10 nitrogen and oxygen atoms in total. The fourth-order valence-electron chi connectivity index (χ4n) is 2.26. The van der Waals surface area contributed by atoms with Gasteiger partial charge >= 0.3 is 30.1 Å². The summed E-state index contributed by atoms with van der Waals surface area (Å²) in [5, 5.41) is 0. The predicted octanol–water partition coefficient (Wildman–Crippen LogP) is 1.19. The molecule has 1 saturated heterocycles. The summed E-state index contributed by atoms with van der Waals surface area (Å²) < 4.78 is 20.3. The van der Waals surface area contributed by atoms with Gasteiger partial charge in [-0.3, -0.25) is 4.90 Å². The molecule has 0 saturated carbocycles. The summed E-state index contributed by atoms with van der Waals surface area (Å²) in [6.07, 6.45) is 0.582. The molecule has 0 aliphatic carbocycles. The Morgan fingerprint density at radius 1 is 1.04 bits per heavy atom. The van der Waals surface area contributed by atoms with Crippen LogP contribution in [0.1, 0.15) is 33.6 Å². The van der Waals surface area contributed by atoms with E-state index in [0.29, 0.717) is 19.4 Å². The van der Waals surface area contributed by atoms with Gasteiger partial charge in [0.2, 0.25) is 0 Å². The summed E-state index contributed by atoms with van der Waals surface area (Å²) in [5.74, 6) is -0.654. The fraction of sp³-hybridized carbons (Fsp3) is 0.667. The minimum Gasteiger partial charge on any atom is -0.467 e. The Bertz CT molecular complexity index is 623. The highest BCUT2D eigenvalue weighted by Gasteiger charge is 2.38. The smallest absolute Gasteiger partial charge is 0.411 e. The van der Waals surface area contributed by atoms with E-state index >= 15 is 0 Å². The Morgan fingerprint density at radius 2 is 1.60 bits per heavy atom. The molecule has 1 fully saturated rings. The molecule has 0 unspecified atom stereocenters. The third kappa shape index (κ3) is 4.91. The molecule has 0 N–H and O–H groups in total. The molecule has 0 radical (unpaired) electrons. The van der Waals surface area contributed by atoms with Crippen LogP contribution < -0.4 is 14.2 Å². The molecule has 1 aromatic heterocycles. The zero-order chi connectivity index (χ0) is 18.6. The van der Waals surface area contributed by atoms with Crippen molar-refractivity contribution in [3.05, 3.63) is 0 Å². The minimum absolute atomic E-state index is 0.0509. The highest BCUT2D eigenvalue weighted by Crippen LogP contribution is 2.23. The van der Waals surface area contributed by atoms with E-state index in [1.165, 1.54) is 19.1 Å². The number of carbonyl (C=O) groups excluding carboxylic acids is 2. The molecule has 1 aliphatic rings. The van der Waals surface area contributed by atoms with Crippen molar-refractivity contribution >= 4 is 12.1 Å². The highest BCUT2D eigenvalue weighted by molar-refractivity contribution is 5.83. The number of amides is 1. The highest BCUT2D eigenvalue weighted by atomic mass is 16.6. The van der Waals surface area contributed by atoms with Gasteiger partial charge in [0.05, 0.1) is 14.2 Å². The predicted molar refractivity (Wildman–Crippen MR) is 84.5 cm³/mol. The summed E-state index contributed by atoms with van der Waals surface area (Å²) in [5.41, 5.74) is -0.650. The van der Waals surface area contributed by atoms with Crippen molar-refractivity contribution in [2.24, 2.45) is 0 Å². The van der Waals surface area contributed by atoms with Crippen LogP contribution in [0.2, 0.25) is 0 Å². The monoisotopic (exact) mass is 354 g/mol. The topological polar surface area (TPSA) is 113 Å². The number of likely N-dealkylation sites (tertiary alicyclic amines) is 1. The number of esters is 1. The standard InChI is InChI=1S/C15H22N4O6/c1-15(2,3)25-14(21)19-8-6-7-9(19)10(20)24-13-17-11(22-4)16-12(18-13)23-5/h9H,6-8H2,1-5H3/t9-/m0/s1. The molecule has 138 valence electrons.